The fourth-order valence-electron chi connectivity index (χ4n) is 1.71. The summed E-state index contributed by atoms with van der Waals surface area (Å²) in [7, 11) is -2.06. The van der Waals surface area contributed by atoms with Crippen LogP contribution in [0.5, 0.6) is 0 Å². The molecule has 1 aromatic heterocycles. The number of hydrogen-bond acceptors (Lipinski definition) is 4. The van der Waals surface area contributed by atoms with Gasteiger partial charge in [0.1, 0.15) is 0 Å². The Kier molecular flexibility index (Phi) is 4.82. The average molecular weight is 332 g/mol. The topological polar surface area (TPSA) is 57.6 Å². The van der Waals surface area contributed by atoms with Crippen molar-refractivity contribution in [3.05, 3.63) is 51.2 Å². The van der Waals surface area contributed by atoms with Crippen LogP contribution in [0.1, 0.15) is 10.4 Å². The Bertz CT molecular complexity index is 697. The van der Waals surface area contributed by atoms with Crippen molar-refractivity contribution in [2.45, 2.75) is 18.0 Å². The molecule has 7 heteroatoms. The van der Waals surface area contributed by atoms with E-state index in [1.807, 2.05) is 6.07 Å². The molecular formula is C13H14ClNO3S2. The van der Waals surface area contributed by atoms with E-state index in [1.54, 1.807) is 18.2 Å². The zero-order valence-electron chi connectivity index (χ0n) is 10.8. The maximum Gasteiger partial charge on any atom is 0.243 e. The molecule has 0 amide bonds. The van der Waals surface area contributed by atoms with Gasteiger partial charge in [0.05, 0.1) is 11.5 Å². The van der Waals surface area contributed by atoms with Crippen LogP contribution in [-0.2, 0) is 23.2 Å². The monoisotopic (exact) mass is 331 g/mol. The third-order valence-corrected chi connectivity index (χ3v) is 6.07. The molecule has 0 saturated heterocycles. The lowest BCUT2D eigenvalue weighted by Gasteiger charge is -2.17. The molecule has 1 heterocycles. The Hall–Kier alpha value is -0.920. The van der Waals surface area contributed by atoms with Crippen LogP contribution in [0.25, 0.3) is 0 Å². The maximum atomic E-state index is 12.4. The third kappa shape index (κ3) is 3.21. The van der Waals surface area contributed by atoms with Gasteiger partial charge >= 0.3 is 0 Å². The Morgan fingerprint density at radius 3 is 2.65 bits per heavy atom. The van der Waals surface area contributed by atoms with Crippen molar-refractivity contribution in [1.29, 1.82) is 0 Å². The van der Waals surface area contributed by atoms with Gasteiger partial charge in [0.15, 0.2) is 0 Å². The summed E-state index contributed by atoms with van der Waals surface area (Å²) in [5, 5.41) is 11.1. The van der Waals surface area contributed by atoms with Crippen LogP contribution in [0, 0.1) is 0 Å². The molecule has 0 aliphatic heterocycles. The largest absolute Gasteiger partial charge is 0.391 e. The first-order valence-electron chi connectivity index (χ1n) is 5.83. The number of benzene rings is 1. The van der Waals surface area contributed by atoms with E-state index in [2.05, 4.69) is 0 Å². The number of halogens is 1. The van der Waals surface area contributed by atoms with E-state index in [-0.39, 0.29) is 18.0 Å². The van der Waals surface area contributed by atoms with Crippen molar-refractivity contribution in [2.75, 3.05) is 7.05 Å². The number of thiophene rings is 1. The van der Waals surface area contributed by atoms with Crippen LogP contribution >= 0.6 is 22.9 Å². The summed E-state index contributed by atoms with van der Waals surface area (Å²) in [6, 6.07) is 8.62. The van der Waals surface area contributed by atoms with E-state index >= 15 is 0 Å². The fraction of sp³-hybridized carbons (Fsp3) is 0.231. The Balaban J connectivity index is 2.23. The minimum Gasteiger partial charge on any atom is -0.391 e. The van der Waals surface area contributed by atoms with Crippen LogP contribution < -0.4 is 0 Å². The molecule has 1 N–H and O–H groups in total. The number of nitrogens with zero attached hydrogens (tertiary/aromatic N) is 1. The second kappa shape index (κ2) is 6.24. The molecule has 0 atom stereocenters. The van der Waals surface area contributed by atoms with Crippen molar-refractivity contribution in [2.24, 2.45) is 0 Å². The molecule has 0 saturated carbocycles. The first kappa shape index (κ1) is 15.5. The molecule has 0 fully saturated rings. The lowest BCUT2D eigenvalue weighted by Crippen LogP contribution is -2.26. The van der Waals surface area contributed by atoms with E-state index in [1.165, 1.54) is 34.1 Å². The van der Waals surface area contributed by atoms with Crippen molar-refractivity contribution in [3.8, 4) is 0 Å². The van der Waals surface area contributed by atoms with Gasteiger partial charge in [-0.3, -0.25) is 0 Å². The number of hydrogen-bond donors (Lipinski definition) is 1. The van der Waals surface area contributed by atoms with Gasteiger partial charge in [-0.25, -0.2) is 8.42 Å². The number of rotatable bonds is 5. The number of aliphatic hydroxyl groups excluding tert-OH is 1. The van der Waals surface area contributed by atoms with Crippen molar-refractivity contribution < 1.29 is 13.5 Å². The van der Waals surface area contributed by atoms with Crippen LogP contribution in [0.15, 0.2) is 40.6 Å². The molecule has 0 aliphatic rings. The van der Waals surface area contributed by atoms with Gasteiger partial charge in [-0.2, -0.15) is 4.31 Å². The highest BCUT2D eigenvalue weighted by atomic mass is 35.5. The molecule has 108 valence electrons. The van der Waals surface area contributed by atoms with Gasteiger partial charge < -0.3 is 5.11 Å². The summed E-state index contributed by atoms with van der Waals surface area (Å²) >= 11 is 7.26. The summed E-state index contributed by atoms with van der Waals surface area (Å²) in [5.41, 5.74) is 0.748. The van der Waals surface area contributed by atoms with Crippen molar-refractivity contribution >= 4 is 33.0 Å². The Labute approximate surface area is 127 Å². The molecule has 4 nitrogen and oxygen atoms in total. The van der Waals surface area contributed by atoms with Crippen LogP contribution in [0.2, 0.25) is 5.02 Å². The molecule has 1 aromatic carbocycles. The SMILES string of the molecule is CN(Cc1ccccc1Cl)S(=O)(=O)c1csc(CO)c1. The van der Waals surface area contributed by atoms with Gasteiger partial charge in [0.2, 0.25) is 10.0 Å². The van der Waals surface area contributed by atoms with Gasteiger partial charge in [0, 0.05) is 28.9 Å². The second-order valence-electron chi connectivity index (χ2n) is 4.26. The molecule has 0 spiro atoms. The highest BCUT2D eigenvalue weighted by molar-refractivity contribution is 7.89. The van der Waals surface area contributed by atoms with Crippen LogP contribution in [0.4, 0.5) is 0 Å². The number of aliphatic hydroxyl groups is 1. The normalized spacial score (nSPS) is 12.0. The van der Waals surface area contributed by atoms with Crippen molar-refractivity contribution in [3.63, 3.8) is 0 Å². The highest BCUT2D eigenvalue weighted by Crippen LogP contribution is 2.24. The lowest BCUT2D eigenvalue weighted by molar-refractivity contribution is 0.285. The zero-order chi connectivity index (χ0) is 14.8. The molecule has 2 rings (SSSR count). The van der Waals surface area contributed by atoms with E-state index in [0.717, 1.165) is 5.56 Å². The minimum absolute atomic E-state index is 0.158. The van der Waals surface area contributed by atoms with E-state index in [4.69, 9.17) is 16.7 Å². The molecule has 2 aromatic rings. The number of sulfonamides is 1. The van der Waals surface area contributed by atoms with E-state index < -0.39 is 10.0 Å². The van der Waals surface area contributed by atoms with E-state index in [0.29, 0.717) is 9.90 Å². The first-order chi connectivity index (χ1) is 9.45. The van der Waals surface area contributed by atoms with Gasteiger partial charge in [-0.15, -0.1) is 11.3 Å². The van der Waals surface area contributed by atoms with Gasteiger partial charge in [-0.05, 0) is 17.7 Å². The molecule has 0 unspecified atom stereocenters. The predicted octanol–water partition coefficient (Wildman–Crippen LogP) is 2.71. The standard InChI is InChI=1S/C13H14ClNO3S2/c1-15(7-10-4-2-3-5-13(10)14)20(17,18)12-6-11(8-16)19-9-12/h2-6,9,16H,7-8H2,1H3. The quantitative estimate of drug-likeness (QED) is 0.916. The molecule has 0 radical (unpaired) electrons. The highest BCUT2D eigenvalue weighted by Gasteiger charge is 2.22. The van der Waals surface area contributed by atoms with Gasteiger partial charge in [-0.1, -0.05) is 29.8 Å². The second-order valence-corrected chi connectivity index (χ2v) is 7.71. The first-order valence-corrected chi connectivity index (χ1v) is 8.53. The van der Waals surface area contributed by atoms with Gasteiger partial charge in [0.25, 0.3) is 0 Å². The molecule has 20 heavy (non-hydrogen) atoms. The predicted molar refractivity (Wildman–Crippen MR) is 80.3 cm³/mol. The molecule has 0 bridgehead atoms. The minimum atomic E-state index is -3.57. The Morgan fingerprint density at radius 2 is 2.05 bits per heavy atom. The lowest BCUT2D eigenvalue weighted by atomic mass is 10.2. The smallest absolute Gasteiger partial charge is 0.243 e. The summed E-state index contributed by atoms with van der Waals surface area (Å²) in [6.45, 7) is 0.0424. The van der Waals surface area contributed by atoms with Crippen LogP contribution in [0.3, 0.4) is 0 Å². The molecule has 0 aliphatic carbocycles. The summed E-state index contributed by atoms with van der Waals surface area (Å²) in [5.74, 6) is 0. The average Bonchev–Trinajstić information content (AvgIpc) is 2.90. The van der Waals surface area contributed by atoms with E-state index in [9.17, 15) is 8.42 Å². The summed E-state index contributed by atoms with van der Waals surface area (Å²) in [4.78, 5) is 0.816. The van der Waals surface area contributed by atoms with Crippen molar-refractivity contribution in [1.82, 2.24) is 4.31 Å². The van der Waals surface area contributed by atoms with Crippen LogP contribution in [-0.4, -0.2) is 24.9 Å². The third-order valence-electron chi connectivity index (χ3n) is 2.84. The summed E-state index contributed by atoms with van der Waals surface area (Å²) < 4.78 is 26.0. The maximum absolute atomic E-state index is 12.4. The summed E-state index contributed by atoms with van der Waals surface area (Å²) in [6.07, 6.45) is 0. The molecular weight excluding hydrogens is 318 g/mol. The Morgan fingerprint density at radius 1 is 1.35 bits per heavy atom. The fourth-order valence-corrected chi connectivity index (χ4v) is 4.18. The zero-order valence-corrected chi connectivity index (χ0v) is 13.2.